The zero-order valence-corrected chi connectivity index (χ0v) is 11.3. The number of hydrogen-bond donors (Lipinski definition) is 1. The van der Waals surface area contributed by atoms with Gasteiger partial charge in [0.05, 0.1) is 0 Å². The van der Waals surface area contributed by atoms with Crippen molar-refractivity contribution in [3.63, 3.8) is 0 Å². The molecular weight excluding hydrogens is 188 g/mol. The summed E-state index contributed by atoms with van der Waals surface area (Å²) in [6.45, 7) is 9.42. The summed E-state index contributed by atoms with van der Waals surface area (Å²) in [6, 6.07) is 0. The lowest BCUT2D eigenvalue weighted by atomic mass is 9.76. The van der Waals surface area contributed by atoms with Gasteiger partial charge in [0.2, 0.25) is 0 Å². The molecule has 0 aliphatic rings. The van der Waals surface area contributed by atoms with Crippen LogP contribution >= 0.6 is 12.6 Å². The third-order valence-corrected chi connectivity index (χ3v) is 4.03. The van der Waals surface area contributed by atoms with E-state index in [0.717, 1.165) is 23.5 Å². The van der Waals surface area contributed by atoms with E-state index in [9.17, 15) is 0 Å². The van der Waals surface area contributed by atoms with Gasteiger partial charge < -0.3 is 0 Å². The molecule has 0 nitrogen and oxygen atoms in total. The summed E-state index contributed by atoms with van der Waals surface area (Å²) in [7, 11) is 0. The summed E-state index contributed by atoms with van der Waals surface area (Å²) in [5.41, 5.74) is 0. The molecule has 3 unspecified atom stereocenters. The molecule has 0 saturated carbocycles. The Kier molecular flexibility index (Phi) is 8.86. The average molecular weight is 216 g/mol. The van der Waals surface area contributed by atoms with E-state index in [2.05, 4.69) is 40.3 Å². The fourth-order valence-corrected chi connectivity index (χ4v) is 2.76. The molecule has 0 rings (SSSR count). The minimum Gasteiger partial charge on any atom is -0.179 e. The number of thiol groups is 1. The van der Waals surface area contributed by atoms with Crippen LogP contribution in [0.4, 0.5) is 0 Å². The van der Waals surface area contributed by atoms with Gasteiger partial charge in [-0.05, 0) is 36.3 Å². The van der Waals surface area contributed by atoms with Crippen LogP contribution in [0, 0.1) is 17.8 Å². The summed E-state index contributed by atoms with van der Waals surface area (Å²) in [5, 5.41) is 0. The van der Waals surface area contributed by atoms with Crippen LogP contribution in [-0.4, -0.2) is 5.75 Å². The average Bonchev–Trinajstić information content (AvgIpc) is 2.23. The zero-order chi connectivity index (χ0) is 11.0. The molecule has 0 aliphatic heterocycles. The molecule has 0 saturated heterocycles. The first-order valence-electron chi connectivity index (χ1n) is 6.31. The Bertz CT molecular complexity index is 122. The second kappa shape index (κ2) is 8.64. The van der Waals surface area contributed by atoms with E-state index in [0.29, 0.717) is 0 Å². The molecule has 1 heteroatoms. The maximum absolute atomic E-state index is 4.31. The van der Waals surface area contributed by atoms with Crippen LogP contribution in [0.2, 0.25) is 0 Å². The minimum absolute atomic E-state index is 0.893. The molecule has 0 heterocycles. The normalized spacial score (nSPS) is 17.8. The zero-order valence-electron chi connectivity index (χ0n) is 10.4. The van der Waals surface area contributed by atoms with Gasteiger partial charge in [0.25, 0.3) is 0 Å². The van der Waals surface area contributed by atoms with Crippen molar-refractivity contribution >= 4 is 12.6 Å². The Hall–Kier alpha value is 0.350. The number of rotatable bonds is 8. The number of hydrogen-bond acceptors (Lipinski definition) is 1. The van der Waals surface area contributed by atoms with Crippen LogP contribution < -0.4 is 0 Å². The van der Waals surface area contributed by atoms with E-state index >= 15 is 0 Å². The molecule has 86 valence electrons. The van der Waals surface area contributed by atoms with Crippen LogP contribution in [0.5, 0.6) is 0 Å². The van der Waals surface area contributed by atoms with E-state index in [1.54, 1.807) is 0 Å². The molecule has 0 amide bonds. The highest BCUT2D eigenvalue weighted by atomic mass is 32.1. The standard InChI is InChI=1S/C13H28S/c1-5-11(4)13(7-3)12(6-2)9-8-10-14/h11-14H,5-10H2,1-4H3. The van der Waals surface area contributed by atoms with E-state index < -0.39 is 0 Å². The largest absolute Gasteiger partial charge is 0.179 e. The fraction of sp³-hybridized carbons (Fsp3) is 1.00. The Morgan fingerprint density at radius 1 is 1.00 bits per heavy atom. The molecule has 3 atom stereocenters. The summed E-state index contributed by atoms with van der Waals surface area (Å²) < 4.78 is 0. The molecule has 0 fully saturated rings. The highest BCUT2D eigenvalue weighted by Gasteiger charge is 2.22. The van der Waals surface area contributed by atoms with Gasteiger partial charge in [-0.1, -0.05) is 47.0 Å². The molecule has 0 aromatic carbocycles. The first-order chi connectivity index (χ1) is 6.71. The first kappa shape index (κ1) is 14.3. The van der Waals surface area contributed by atoms with Gasteiger partial charge in [0.1, 0.15) is 0 Å². The summed E-state index contributed by atoms with van der Waals surface area (Å²) in [4.78, 5) is 0. The van der Waals surface area contributed by atoms with Crippen molar-refractivity contribution in [2.75, 3.05) is 5.75 Å². The Labute approximate surface area is 96.3 Å². The highest BCUT2D eigenvalue weighted by Crippen LogP contribution is 2.32. The third-order valence-electron chi connectivity index (χ3n) is 3.71. The summed E-state index contributed by atoms with van der Waals surface area (Å²) in [6.07, 6.45) is 6.68. The van der Waals surface area contributed by atoms with Crippen LogP contribution in [0.1, 0.15) is 59.8 Å². The van der Waals surface area contributed by atoms with Crippen LogP contribution in [-0.2, 0) is 0 Å². The van der Waals surface area contributed by atoms with Gasteiger partial charge in [-0.2, -0.15) is 12.6 Å². The predicted molar refractivity (Wildman–Crippen MR) is 70.1 cm³/mol. The highest BCUT2D eigenvalue weighted by molar-refractivity contribution is 7.80. The second-order valence-corrected chi connectivity index (χ2v) is 4.94. The molecule has 0 aromatic rings. The van der Waals surface area contributed by atoms with Crippen LogP contribution in [0.25, 0.3) is 0 Å². The van der Waals surface area contributed by atoms with Crippen molar-refractivity contribution < 1.29 is 0 Å². The van der Waals surface area contributed by atoms with Gasteiger partial charge in [-0.3, -0.25) is 0 Å². The Morgan fingerprint density at radius 2 is 1.64 bits per heavy atom. The second-order valence-electron chi connectivity index (χ2n) is 4.49. The molecule has 0 aromatic heterocycles. The van der Waals surface area contributed by atoms with E-state index in [1.807, 2.05) is 0 Å². The predicted octanol–water partition coefficient (Wildman–Crippen LogP) is 4.79. The Morgan fingerprint density at radius 3 is 2.00 bits per heavy atom. The van der Waals surface area contributed by atoms with Gasteiger partial charge in [0.15, 0.2) is 0 Å². The molecule has 0 N–H and O–H groups in total. The fourth-order valence-electron chi connectivity index (χ4n) is 2.58. The van der Waals surface area contributed by atoms with Crippen molar-refractivity contribution in [2.24, 2.45) is 17.8 Å². The van der Waals surface area contributed by atoms with Crippen molar-refractivity contribution in [1.29, 1.82) is 0 Å². The van der Waals surface area contributed by atoms with Crippen molar-refractivity contribution in [1.82, 2.24) is 0 Å². The van der Waals surface area contributed by atoms with Gasteiger partial charge >= 0.3 is 0 Å². The smallest absolute Gasteiger partial charge is 0.00978 e. The van der Waals surface area contributed by atoms with E-state index in [-0.39, 0.29) is 0 Å². The first-order valence-corrected chi connectivity index (χ1v) is 6.95. The quantitative estimate of drug-likeness (QED) is 0.554. The molecule has 14 heavy (non-hydrogen) atoms. The molecule has 0 radical (unpaired) electrons. The van der Waals surface area contributed by atoms with Crippen LogP contribution in [0.3, 0.4) is 0 Å². The van der Waals surface area contributed by atoms with Crippen molar-refractivity contribution in [2.45, 2.75) is 59.8 Å². The summed E-state index contributed by atoms with van der Waals surface area (Å²) >= 11 is 4.31. The van der Waals surface area contributed by atoms with Crippen molar-refractivity contribution in [3.05, 3.63) is 0 Å². The minimum atomic E-state index is 0.893. The van der Waals surface area contributed by atoms with E-state index in [1.165, 1.54) is 32.1 Å². The topological polar surface area (TPSA) is 0 Å². The van der Waals surface area contributed by atoms with Gasteiger partial charge in [-0.25, -0.2) is 0 Å². The van der Waals surface area contributed by atoms with Gasteiger partial charge in [0, 0.05) is 0 Å². The lowest BCUT2D eigenvalue weighted by Gasteiger charge is -2.30. The Balaban J connectivity index is 4.13. The van der Waals surface area contributed by atoms with E-state index in [4.69, 9.17) is 0 Å². The van der Waals surface area contributed by atoms with Crippen molar-refractivity contribution in [3.8, 4) is 0 Å². The lowest BCUT2D eigenvalue weighted by Crippen LogP contribution is -2.20. The van der Waals surface area contributed by atoms with Crippen LogP contribution in [0.15, 0.2) is 0 Å². The maximum atomic E-state index is 4.31. The monoisotopic (exact) mass is 216 g/mol. The third kappa shape index (κ3) is 4.72. The maximum Gasteiger partial charge on any atom is -0.00978 e. The molecule has 0 spiro atoms. The van der Waals surface area contributed by atoms with Gasteiger partial charge in [-0.15, -0.1) is 0 Å². The SMILES string of the molecule is CCC(C)C(CC)C(CC)CCCS. The summed E-state index contributed by atoms with van der Waals surface area (Å²) in [5.74, 6) is 3.81. The molecule has 0 aliphatic carbocycles. The molecular formula is C13H28S. The lowest BCUT2D eigenvalue weighted by molar-refractivity contribution is 0.208. The molecule has 0 bridgehead atoms.